The number of alkyl halides is 3. The van der Waals surface area contributed by atoms with Gasteiger partial charge in [-0.15, -0.1) is 0 Å². The van der Waals surface area contributed by atoms with Crippen LogP contribution in [0.2, 0.25) is 0 Å². The molecule has 1 aliphatic rings. The predicted octanol–water partition coefficient (Wildman–Crippen LogP) is 3.74. The van der Waals surface area contributed by atoms with E-state index in [-0.39, 0.29) is 12.6 Å². The van der Waals surface area contributed by atoms with E-state index in [2.05, 4.69) is 10.2 Å². The average molecular weight is 350 g/mol. The number of aliphatic hydroxyl groups excluding tert-OH is 1. The van der Waals surface area contributed by atoms with E-state index in [1.165, 1.54) is 12.1 Å². The summed E-state index contributed by atoms with van der Waals surface area (Å²) in [7, 11) is 0. The standard InChI is InChI=1S/C19H21F3N2O/c20-19(21,22)15-6-8-17(9-7-15)24-13-16(23-10-3-11-25)12-14-4-1-2-5-18(14)24/h1-2,4-9,16,23,25H,3,10-13H2/t16-/m1/s1. The van der Waals surface area contributed by atoms with Crippen LogP contribution in [0.3, 0.4) is 0 Å². The summed E-state index contributed by atoms with van der Waals surface area (Å²) in [4.78, 5) is 2.05. The van der Waals surface area contributed by atoms with Gasteiger partial charge in [0.1, 0.15) is 0 Å². The minimum atomic E-state index is -4.33. The van der Waals surface area contributed by atoms with Crippen LogP contribution in [0.4, 0.5) is 24.5 Å². The molecule has 2 aromatic carbocycles. The number of rotatable bonds is 5. The molecule has 3 rings (SSSR count). The van der Waals surface area contributed by atoms with Gasteiger partial charge in [0.15, 0.2) is 0 Å². The molecule has 3 nitrogen and oxygen atoms in total. The van der Waals surface area contributed by atoms with Crippen molar-refractivity contribution in [3.8, 4) is 0 Å². The highest BCUT2D eigenvalue weighted by molar-refractivity contribution is 5.68. The summed E-state index contributed by atoms with van der Waals surface area (Å²) < 4.78 is 38.4. The maximum Gasteiger partial charge on any atom is 0.416 e. The van der Waals surface area contributed by atoms with Crippen molar-refractivity contribution < 1.29 is 18.3 Å². The number of halogens is 3. The maximum atomic E-state index is 12.8. The highest BCUT2D eigenvalue weighted by Gasteiger charge is 2.31. The molecule has 2 aromatic rings. The third kappa shape index (κ3) is 4.14. The smallest absolute Gasteiger partial charge is 0.396 e. The van der Waals surface area contributed by atoms with Gasteiger partial charge >= 0.3 is 6.18 Å². The SMILES string of the molecule is OCCCN[C@@H]1Cc2ccccc2N(c2ccc(C(F)(F)F)cc2)C1. The molecule has 0 saturated heterocycles. The number of aliphatic hydroxyl groups is 1. The molecule has 0 aromatic heterocycles. The molecular formula is C19H21F3N2O. The number of hydrogen-bond acceptors (Lipinski definition) is 3. The Morgan fingerprint density at radius 1 is 1.08 bits per heavy atom. The van der Waals surface area contributed by atoms with Crippen LogP contribution in [0.15, 0.2) is 48.5 Å². The first-order valence-electron chi connectivity index (χ1n) is 8.36. The lowest BCUT2D eigenvalue weighted by Crippen LogP contribution is -2.44. The number of para-hydroxylation sites is 1. The largest absolute Gasteiger partial charge is 0.416 e. The monoisotopic (exact) mass is 350 g/mol. The Morgan fingerprint density at radius 3 is 2.48 bits per heavy atom. The van der Waals surface area contributed by atoms with Gasteiger partial charge in [0.05, 0.1) is 5.56 Å². The van der Waals surface area contributed by atoms with Crippen LogP contribution in [0.25, 0.3) is 0 Å². The zero-order valence-electron chi connectivity index (χ0n) is 13.8. The minimum Gasteiger partial charge on any atom is -0.396 e. The van der Waals surface area contributed by atoms with E-state index in [9.17, 15) is 13.2 Å². The van der Waals surface area contributed by atoms with Crippen molar-refractivity contribution >= 4 is 11.4 Å². The third-order valence-electron chi connectivity index (χ3n) is 4.43. The lowest BCUT2D eigenvalue weighted by Gasteiger charge is -2.36. The van der Waals surface area contributed by atoms with Gasteiger partial charge in [-0.1, -0.05) is 18.2 Å². The number of anilines is 2. The molecule has 0 fully saturated rings. The summed E-state index contributed by atoms with van der Waals surface area (Å²) in [5, 5.41) is 12.4. The molecule has 134 valence electrons. The van der Waals surface area contributed by atoms with E-state index >= 15 is 0 Å². The van der Waals surface area contributed by atoms with E-state index in [4.69, 9.17) is 5.11 Å². The third-order valence-corrected chi connectivity index (χ3v) is 4.43. The Morgan fingerprint density at radius 2 is 1.80 bits per heavy atom. The predicted molar refractivity (Wildman–Crippen MR) is 92.1 cm³/mol. The summed E-state index contributed by atoms with van der Waals surface area (Å²) in [6.45, 7) is 1.52. The molecule has 0 bridgehead atoms. The van der Waals surface area contributed by atoms with E-state index in [0.717, 1.165) is 35.5 Å². The van der Waals surface area contributed by atoms with Crippen molar-refractivity contribution in [3.63, 3.8) is 0 Å². The summed E-state index contributed by atoms with van der Waals surface area (Å²) in [6.07, 6.45) is -2.79. The summed E-state index contributed by atoms with van der Waals surface area (Å²) in [5.41, 5.74) is 2.30. The molecule has 1 aliphatic heterocycles. The van der Waals surface area contributed by atoms with Gasteiger partial charge < -0.3 is 15.3 Å². The number of nitrogens with one attached hydrogen (secondary N) is 1. The second-order valence-electron chi connectivity index (χ2n) is 6.22. The van der Waals surface area contributed by atoms with E-state index in [0.29, 0.717) is 19.5 Å². The Labute approximate surface area is 145 Å². The molecule has 0 spiro atoms. The molecule has 6 heteroatoms. The molecule has 2 N–H and O–H groups in total. The van der Waals surface area contributed by atoms with Crippen LogP contribution in [0.5, 0.6) is 0 Å². The fraction of sp³-hybridized carbons (Fsp3) is 0.368. The molecule has 0 unspecified atom stereocenters. The Kier molecular flexibility index (Phi) is 5.30. The van der Waals surface area contributed by atoms with Gasteiger partial charge in [-0.2, -0.15) is 13.2 Å². The number of nitrogens with zero attached hydrogens (tertiary/aromatic N) is 1. The van der Waals surface area contributed by atoms with Crippen LogP contribution < -0.4 is 10.2 Å². The number of fused-ring (bicyclic) bond motifs is 1. The van der Waals surface area contributed by atoms with Crippen LogP contribution in [0, 0.1) is 0 Å². The van der Waals surface area contributed by atoms with Gasteiger partial charge in [0, 0.05) is 30.6 Å². The summed E-state index contributed by atoms with van der Waals surface area (Å²) in [5.74, 6) is 0. The second kappa shape index (κ2) is 7.45. The Hall–Kier alpha value is -2.05. The van der Waals surface area contributed by atoms with Gasteiger partial charge in [-0.05, 0) is 55.3 Å². The lowest BCUT2D eigenvalue weighted by atomic mass is 9.97. The molecule has 0 radical (unpaired) electrons. The molecule has 0 aliphatic carbocycles. The van der Waals surface area contributed by atoms with Crippen LogP contribution in [-0.2, 0) is 12.6 Å². The van der Waals surface area contributed by atoms with Crippen molar-refractivity contribution in [3.05, 3.63) is 59.7 Å². The molecule has 25 heavy (non-hydrogen) atoms. The normalized spacial score (nSPS) is 17.4. The zero-order chi connectivity index (χ0) is 17.9. The first kappa shape index (κ1) is 17.8. The fourth-order valence-electron chi connectivity index (χ4n) is 3.19. The Bertz CT molecular complexity index is 701. The van der Waals surface area contributed by atoms with Gasteiger partial charge in [-0.3, -0.25) is 0 Å². The van der Waals surface area contributed by atoms with Crippen LogP contribution in [0.1, 0.15) is 17.5 Å². The minimum absolute atomic E-state index is 0.138. The van der Waals surface area contributed by atoms with Crippen molar-refractivity contribution in [2.24, 2.45) is 0 Å². The van der Waals surface area contributed by atoms with Crippen molar-refractivity contribution in [1.82, 2.24) is 5.32 Å². The van der Waals surface area contributed by atoms with Gasteiger partial charge in [0.2, 0.25) is 0 Å². The molecule has 1 atom stereocenters. The molecule has 0 saturated carbocycles. The van der Waals surface area contributed by atoms with Gasteiger partial charge in [0.25, 0.3) is 0 Å². The van der Waals surface area contributed by atoms with E-state index in [1.807, 2.05) is 24.3 Å². The summed E-state index contributed by atoms with van der Waals surface area (Å²) in [6, 6.07) is 13.4. The first-order valence-corrected chi connectivity index (χ1v) is 8.36. The van der Waals surface area contributed by atoms with Crippen molar-refractivity contribution in [1.29, 1.82) is 0 Å². The van der Waals surface area contributed by atoms with E-state index in [1.54, 1.807) is 0 Å². The Balaban J connectivity index is 1.85. The maximum absolute atomic E-state index is 12.8. The summed E-state index contributed by atoms with van der Waals surface area (Å²) >= 11 is 0. The molecule has 0 amide bonds. The average Bonchev–Trinajstić information content (AvgIpc) is 2.61. The highest BCUT2D eigenvalue weighted by atomic mass is 19.4. The molecular weight excluding hydrogens is 329 g/mol. The van der Waals surface area contributed by atoms with E-state index < -0.39 is 11.7 Å². The number of benzene rings is 2. The van der Waals surface area contributed by atoms with Crippen LogP contribution >= 0.6 is 0 Å². The topological polar surface area (TPSA) is 35.5 Å². The van der Waals surface area contributed by atoms with Gasteiger partial charge in [-0.25, -0.2) is 0 Å². The second-order valence-corrected chi connectivity index (χ2v) is 6.22. The van der Waals surface area contributed by atoms with Crippen LogP contribution in [-0.4, -0.2) is 30.8 Å². The first-order chi connectivity index (χ1) is 12.0. The lowest BCUT2D eigenvalue weighted by molar-refractivity contribution is -0.137. The fourth-order valence-corrected chi connectivity index (χ4v) is 3.19. The number of hydrogen-bond donors (Lipinski definition) is 2. The van der Waals surface area contributed by atoms with Crippen molar-refractivity contribution in [2.75, 3.05) is 24.6 Å². The highest BCUT2D eigenvalue weighted by Crippen LogP contribution is 2.35. The molecule has 1 heterocycles. The quantitative estimate of drug-likeness (QED) is 0.807. The van der Waals surface area contributed by atoms with Crippen molar-refractivity contribution in [2.45, 2.75) is 25.1 Å². The zero-order valence-corrected chi connectivity index (χ0v) is 13.8.